The van der Waals surface area contributed by atoms with E-state index in [4.69, 9.17) is 5.26 Å². The van der Waals surface area contributed by atoms with Gasteiger partial charge in [0.15, 0.2) is 0 Å². The predicted molar refractivity (Wildman–Crippen MR) is 52.3 cm³/mol. The van der Waals surface area contributed by atoms with Crippen molar-refractivity contribution in [2.75, 3.05) is 7.05 Å². The average Bonchev–Trinajstić information content (AvgIpc) is 2.11. The van der Waals surface area contributed by atoms with Crippen molar-refractivity contribution in [3.05, 3.63) is 11.6 Å². The Morgan fingerprint density at radius 2 is 2.25 bits per heavy atom. The van der Waals surface area contributed by atoms with Gasteiger partial charge in [-0.25, -0.2) is 0 Å². The largest absolute Gasteiger partial charge is 0.292 e. The molecular formula is C10H16N2. The molecule has 0 rings (SSSR count). The van der Waals surface area contributed by atoms with Crippen LogP contribution in [0.5, 0.6) is 0 Å². The maximum atomic E-state index is 8.73. The molecule has 0 fully saturated rings. The predicted octanol–water partition coefficient (Wildman–Crippen LogP) is 2.72. The van der Waals surface area contributed by atoms with Crippen LogP contribution >= 0.6 is 0 Å². The molecule has 0 spiro atoms. The summed E-state index contributed by atoms with van der Waals surface area (Å²) in [6.07, 6.45) is 5.25. The number of hydrogen-bond donors (Lipinski definition) is 0. The van der Waals surface area contributed by atoms with Crippen LogP contribution in [0.3, 0.4) is 0 Å². The molecule has 0 N–H and O–H groups in total. The van der Waals surface area contributed by atoms with E-state index < -0.39 is 0 Å². The fourth-order valence-electron chi connectivity index (χ4n) is 0.845. The highest BCUT2D eigenvalue weighted by Crippen LogP contribution is 2.02. The molecule has 2 heteroatoms. The number of aliphatic imine (C=N–C) groups is 1. The molecule has 0 saturated heterocycles. The zero-order valence-electron chi connectivity index (χ0n) is 8.09. The second kappa shape index (κ2) is 6.60. The summed E-state index contributed by atoms with van der Waals surface area (Å²) in [6, 6.07) is 2.14. The number of nitriles is 1. The van der Waals surface area contributed by atoms with Crippen molar-refractivity contribution in [1.82, 2.24) is 0 Å². The molecule has 0 unspecified atom stereocenters. The molecule has 0 heterocycles. The minimum atomic E-state index is 0.714. The van der Waals surface area contributed by atoms with Gasteiger partial charge in [-0.1, -0.05) is 25.8 Å². The van der Waals surface area contributed by atoms with Gasteiger partial charge in [0.05, 0.1) is 5.57 Å². The van der Waals surface area contributed by atoms with Crippen LogP contribution in [0.4, 0.5) is 0 Å². The van der Waals surface area contributed by atoms with E-state index in [1.165, 1.54) is 0 Å². The lowest BCUT2D eigenvalue weighted by atomic mass is 10.1. The van der Waals surface area contributed by atoms with Gasteiger partial charge in [-0.05, 0) is 13.3 Å². The third-order valence-corrected chi connectivity index (χ3v) is 1.75. The number of nitrogens with zero attached hydrogens (tertiary/aromatic N) is 2. The lowest BCUT2D eigenvalue weighted by molar-refractivity contribution is 0.814. The number of allylic oxidation sites excluding steroid dienone is 2. The summed E-state index contributed by atoms with van der Waals surface area (Å²) in [5, 5.41) is 8.73. The van der Waals surface area contributed by atoms with Crippen molar-refractivity contribution < 1.29 is 0 Å². The summed E-state index contributed by atoms with van der Waals surface area (Å²) in [6.45, 7) is 4.00. The molecule has 0 bridgehead atoms. The van der Waals surface area contributed by atoms with Crippen molar-refractivity contribution in [2.24, 2.45) is 4.99 Å². The zero-order valence-corrected chi connectivity index (χ0v) is 8.09. The zero-order chi connectivity index (χ0) is 9.40. The highest BCUT2D eigenvalue weighted by atomic mass is 14.7. The van der Waals surface area contributed by atoms with Crippen molar-refractivity contribution in [3.63, 3.8) is 0 Å². The second-order valence-electron chi connectivity index (χ2n) is 2.68. The first-order valence-corrected chi connectivity index (χ1v) is 4.30. The Kier molecular flexibility index (Phi) is 6.00. The van der Waals surface area contributed by atoms with E-state index in [0.717, 1.165) is 25.0 Å². The molecule has 0 aromatic carbocycles. The first-order valence-electron chi connectivity index (χ1n) is 4.30. The fourth-order valence-corrected chi connectivity index (χ4v) is 0.845. The van der Waals surface area contributed by atoms with Gasteiger partial charge < -0.3 is 0 Å². The highest BCUT2D eigenvalue weighted by Gasteiger charge is 1.96. The lowest BCUT2D eigenvalue weighted by Gasteiger charge is -1.95. The molecule has 0 aromatic heterocycles. The molecule has 66 valence electrons. The SMILES string of the molecule is CCCC/C=C(/C#N)C(C)=NC. The molecule has 0 aliphatic rings. The average molecular weight is 164 g/mol. The van der Waals surface area contributed by atoms with Gasteiger partial charge in [0.1, 0.15) is 6.07 Å². The number of rotatable bonds is 4. The van der Waals surface area contributed by atoms with E-state index >= 15 is 0 Å². The minimum absolute atomic E-state index is 0.714. The van der Waals surface area contributed by atoms with Gasteiger partial charge in [-0.3, -0.25) is 4.99 Å². The number of hydrogen-bond acceptors (Lipinski definition) is 2. The molecule has 2 nitrogen and oxygen atoms in total. The van der Waals surface area contributed by atoms with Gasteiger partial charge in [0.2, 0.25) is 0 Å². The Bertz CT molecular complexity index is 218. The fraction of sp³-hybridized carbons (Fsp3) is 0.600. The summed E-state index contributed by atoms with van der Waals surface area (Å²) < 4.78 is 0. The third kappa shape index (κ3) is 3.92. The van der Waals surface area contributed by atoms with Crippen LogP contribution in [-0.2, 0) is 0 Å². The quantitative estimate of drug-likeness (QED) is 0.357. The molecule has 0 atom stereocenters. The Hall–Kier alpha value is -1.10. The Labute approximate surface area is 74.6 Å². The van der Waals surface area contributed by atoms with Gasteiger partial charge in [0, 0.05) is 12.8 Å². The summed E-state index contributed by atoms with van der Waals surface area (Å²) in [5.74, 6) is 0. The van der Waals surface area contributed by atoms with E-state index in [-0.39, 0.29) is 0 Å². The molecule has 0 aliphatic carbocycles. The normalized spacial score (nSPS) is 12.8. The van der Waals surface area contributed by atoms with E-state index in [2.05, 4.69) is 18.0 Å². The second-order valence-corrected chi connectivity index (χ2v) is 2.68. The van der Waals surface area contributed by atoms with Gasteiger partial charge in [-0.2, -0.15) is 5.26 Å². The van der Waals surface area contributed by atoms with Crippen LogP contribution in [0.15, 0.2) is 16.6 Å². The standard InChI is InChI=1S/C10H16N2/c1-4-5-6-7-10(8-11)9(2)12-3/h7H,4-6H2,1-3H3/b10-7-,12-9?. The van der Waals surface area contributed by atoms with E-state index in [9.17, 15) is 0 Å². The smallest absolute Gasteiger partial charge is 0.101 e. The highest BCUT2D eigenvalue weighted by molar-refractivity contribution is 6.01. The van der Waals surface area contributed by atoms with Gasteiger partial charge >= 0.3 is 0 Å². The first kappa shape index (κ1) is 10.9. The summed E-state index contributed by atoms with van der Waals surface area (Å²) in [7, 11) is 1.71. The molecular weight excluding hydrogens is 148 g/mol. The molecule has 0 aliphatic heterocycles. The maximum absolute atomic E-state index is 8.73. The maximum Gasteiger partial charge on any atom is 0.101 e. The van der Waals surface area contributed by atoms with Crippen molar-refractivity contribution in [3.8, 4) is 6.07 Å². The van der Waals surface area contributed by atoms with E-state index in [0.29, 0.717) is 5.57 Å². The Morgan fingerprint density at radius 1 is 1.58 bits per heavy atom. The summed E-state index contributed by atoms with van der Waals surface area (Å²) in [5.41, 5.74) is 1.54. The molecule has 0 saturated carbocycles. The number of unbranched alkanes of at least 4 members (excludes halogenated alkanes) is 2. The minimum Gasteiger partial charge on any atom is -0.292 e. The summed E-state index contributed by atoms with van der Waals surface area (Å²) >= 11 is 0. The monoisotopic (exact) mass is 164 g/mol. The van der Waals surface area contributed by atoms with Crippen molar-refractivity contribution >= 4 is 5.71 Å². The molecule has 0 aromatic rings. The topological polar surface area (TPSA) is 36.1 Å². The van der Waals surface area contributed by atoms with Crippen LogP contribution in [0, 0.1) is 11.3 Å². The van der Waals surface area contributed by atoms with Crippen LogP contribution in [0.1, 0.15) is 33.1 Å². The molecule has 12 heavy (non-hydrogen) atoms. The van der Waals surface area contributed by atoms with Crippen molar-refractivity contribution in [2.45, 2.75) is 33.1 Å². The molecule has 0 radical (unpaired) electrons. The van der Waals surface area contributed by atoms with Gasteiger partial charge in [0.25, 0.3) is 0 Å². The van der Waals surface area contributed by atoms with Crippen LogP contribution in [-0.4, -0.2) is 12.8 Å². The third-order valence-electron chi connectivity index (χ3n) is 1.75. The van der Waals surface area contributed by atoms with Crippen molar-refractivity contribution in [1.29, 1.82) is 5.26 Å². The summed E-state index contributed by atoms with van der Waals surface area (Å²) in [4.78, 5) is 3.96. The Balaban J connectivity index is 4.17. The van der Waals surface area contributed by atoms with Crippen LogP contribution in [0.25, 0.3) is 0 Å². The van der Waals surface area contributed by atoms with E-state index in [1.54, 1.807) is 7.05 Å². The lowest BCUT2D eigenvalue weighted by Crippen LogP contribution is -1.94. The van der Waals surface area contributed by atoms with Gasteiger partial charge in [-0.15, -0.1) is 0 Å². The first-order chi connectivity index (χ1) is 5.76. The molecule has 0 amide bonds. The van der Waals surface area contributed by atoms with Crippen LogP contribution in [0.2, 0.25) is 0 Å². The van der Waals surface area contributed by atoms with Crippen LogP contribution < -0.4 is 0 Å². The Morgan fingerprint density at radius 3 is 2.67 bits per heavy atom. The van der Waals surface area contributed by atoms with E-state index in [1.807, 2.05) is 13.0 Å².